The molecule has 0 aliphatic carbocycles. The van der Waals surface area contributed by atoms with Gasteiger partial charge in [-0.1, -0.05) is 12.1 Å². The molecule has 2 amide bonds. The summed E-state index contributed by atoms with van der Waals surface area (Å²) in [6.07, 6.45) is 7.30. The number of nitrogens with zero attached hydrogens (tertiary/aromatic N) is 4. The summed E-state index contributed by atoms with van der Waals surface area (Å²) in [6.45, 7) is 5.01. The molecule has 0 saturated carbocycles. The van der Waals surface area contributed by atoms with Crippen LogP contribution in [0.1, 0.15) is 44.2 Å². The predicted molar refractivity (Wildman–Crippen MR) is 121 cm³/mol. The van der Waals surface area contributed by atoms with Crippen LogP contribution in [-0.4, -0.2) is 64.8 Å². The molecule has 0 spiro atoms. The number of likely N-dealkylation sites (tertiary alicyclic amines) is 2. The lowest BCUT2D eigenvalue weighted by atomic mass is 9.89. The molecular formula is C24H31N5O2. The van der Waals surface area contributed by atoms with Gasteiger partial charge in [0.2, 0.25) is 11.8 Å². The maximum Gasteiger partial charge on any atom is 0.225 e. The maximum absolute atomic E-state index is 13.2. The summed E-state index contributed by atoms with van der Waals surface area (Å²) in [7, 11) is 2.12. The lowest BCUT2D eigenvalue weighted by molar-refractivity contribution is -0.138. The van der Waals surface area contributed by atoms with E-state index in [0.29, 0.717) is 12.5 Å². The second kappa shape index (κ2) is 9.56. The van der Waals surface area contributed by atoms with Crippen LogP contribution in [0.5, 0.6) is 0 Å². The molecule has 1 N–H and O–H groups in total. The van der Waals surface area contributed by atoms with Crippen molar-refractivity contribution in [2.45, 2.75) is 38.5 Å². The number of nitrogens with one attached hydrogen (secondary N) is 1. The number of carbonyl (C=O) groups excluding carboxylic acids is 2. The highest BCUT2D eigenvalue weighted by Gasteiger charge is 2.32. The average molecular weight is 422 g/mol. The number of anilines is 1. The molecular weight excluding hydrogens is 390 g/mol. The van der Waals surface area contributed by atoms with Crippen molar-refractivity contribution in [3.8, 4) is 11.3 Å². The minimum Gasteiger partial charge on any atom is -0.342 e. The van der Waals surface area contributed by atoms with E-state index in [1.165, 1.54) is 6.92 Å². The molecule has 0 radical (unpaired) electrons. The fraction of sp³-hybridized carbons (Fsp3) is 0.500. The van der Waals surface area contributed by atoms with E-state index in [2.05, 4.69) is 27.1 Å². The zero-order chi connectivity index (χ0) is 21.8. The Morgan fingerprint density at radius 3 is 2.61 bits per heavy atom. The molecule has 31 heavy (non-hydrogen) atoms. The molecule has 1 aromatic carbocycles. The summed E-state index contributed by atoms with van der Waals surface area (Å²) in [5.41, 5.74) is 3.43. The summed E-state index contributed by atoms with van der Waals surface area (Å²) in [5.74, 6) is 0.505. The molecule has 1 atom stereocenters. The van der Waals surface area contributed by atoms with Crippen LogP contribution in [0.3, 0.4) is 0 Å². The Balaban J connectivity index is 1.54. The van der Waals surface area contributed by atoms with Gasteiger partial charge in [0.15, 0.2) is 0 Å². The van der Waals surface area contributed by atoms with Gasteiger partial charge in [-0.25, -0.2) is 0 Å². The molecule has 7 heteroatoms. The molecule has 2 aliphatic heterocycles. The Kier molecular flexibility index (Phi) is 6.61. The van der Waals surface area contributed by atoms with E-state index >= 15 is 0 Å². The largest absolute Gasteiger partial charge is 0.342 e. The Morgan fingerprint density at radius 2 is 1.84 bits per heavy atom. The van der Waals surface area contributed by atoms with Crippen molar-refractivity contribution < 1.29 is 9.59 Å². The minimum atomic E-state index is -0.105. The van der Waals surface area contributed by atoms with Gasteiger partial charge >= 0.3 is 0 Å². The van der Waals surface area contributed by atoms with Crippen LogP contribution in [-0.2, 0) is 9.59 Å². The number of hydrogen-bond donors (Lipinski definition) is 1. The highest BCUT2D eigenvalue weighted by Crippen LogP contribution is 2.33. The van der Waals surface area contributed by atoms with Crippen molar-refractivity contribution in [2.75, 3.05) is 38.5 Å². The number of carbonyl (C=O) groups is 2. The third-order valence-electron chi connectivity index (χ3n) is 6.37. The third-order valence-corrected chi connectivity index (χ3v) is 6.37. The summed E-state index contributed by atoms with van der Waals surface area (Å²) >= 11 is 0. The molecule has 164 valence electrons. The van der Waals surface area contributed by atoms with Crippen LogP contribution >= 0.6 is 0 Å². The van der Waals surface area contributed by atoms with Gasteiger partial charge in [-0.05, 0) is 58.0 Å². The average Bonchev–Trinajstić information content (AvgIpc) is 2.79. The van der Waals surface area contributed by atoms with Gasteiger partial charge in [-0.3, -0.25) is 19.6 Å². The number of benzene rings is 1. The van der Waals surface area contributed by atoms with E-state index in [9.17, 15) is 9.59 Å². The SMILES string of the molecule is CC(=O)Nc1cccc(-c2nccnc2[C@@H]2CCCN(C(=O)C3CCN(C)CC3)C2)c1. The number of amides is 2. The molecule has 0 unspecified atom stereocenters. The number of piperidine rings is 2. The molecule has 2 fully saturated rings. The monoisotopic (exact) mass is 421 g/mol. The van der Waals surface area contributed by atoms with Crippen molar-refractivity contribution in [3.63, 3.8) is 0 Å². The van der Waals surface area contributed by atoms with Gasteiger partial charge in [0.05, 0.1) is 11.4 Å². The van der Waals surface area contributed by atoms with Gasteiger partial charge in [0.1, 0.15) is 0 Å². The second-order valence-electron chi connectivity index (χ2n) is 8.75. The standard InChI is InChI=1S/C24H31N5O2/c1-17(30)27-21-7-3-5-19(15-21)22-23(26-11-10-25-22)20-6-4-12-29(16-20)24(31)18-8-13-28(2)14-9-18/h3,5,7,10-11,15,18,20H,4,6,8-9,12-14,16H2,1-2H3,(H,27,30)/t20-/m1/s1. The maximum atomic E-state index is 13.2. The van der Waals surface area contributed by atoms with Crippen molar-refractivity contribution in [2.24, 2.45) is 5.92 Å². The first-order chi connectivity index (χ1) is 15.0. The highest BCUT2D eigenvalue weighted by atomic mass is 16.2. The van der Waals surface area contributed by atoms with Crippen molar-refractivity contribution in [3.05, 3.63) is 42.4 Å². The summed E-state index contributed by atoms with van der Waals surface area (Å²) < 4.78 is 0. The second-order valence-corrected chi connectivity index (χ2v) is 8.75. The fourth-order valence-electron chi connectivity index (χ4n) is 4.73. The van der Waals surface area contributed by atoms with E-state index in [4.69, 9.17) is 4.98 Å². The van der Waals surface area contributed by atoms with Gasteiger partial charge in [-0.2, -0.15) is 0 Å². The first-order valence-electron chi connectivity index (χ1n) is 11.2. The molecule has 2 aliphatic rings. The van der Waals surface area contributed by atoms with E-state index < -0.39 is 0 Å². The summed E-state index contributed by atoms with van der Waals surface area (Å²) in [6, 6.07) is 7.70. The lowest BCUT2D eigenvalue weighted by Gasteiger charge is -2.37. The first kappa shape index (κ1) is 21.4. The molecule has 2 aromatic rings. The quantitative estimate of drug-likeness (QED) is 0.821. The van der Waals surface area contributed by atoms with Gasteiger partial charge in [0.25, 0.3) is 0 Å². The smallest absolute Gasteiger partial charge is 0.225 e. The fourth-order valence-corrected chi connectivity index (χ4v) is 4.73. The molecule has 0 bridgehead atoms. The lowest BCUT2D eigenvalue weighted by Crippen LogP contribution is -2.45. The van der Waals surface area contributed by atoms with Crippen LogP contribution in [0.25, 0.3) is 11.3 Å². The van der Waals surface area contributed by atoms with Crippen LogP contribution in [0.15, 0.2) is 36.7 Å². The number of aromatic nitrogens is 2. The zero-order valence-corrected chi connectivity index (χ0v) is 18.4. The van der Waals surface area contributed by atoms with Crippen molar-refractivity contribution >= 4 is 17.5 Å². The third kappa shape index (κ3) is 5.10. The highest BCUT2D eigenvalue weighted by molar-refractivity contribution is 5.89. The molecule has 3 heterocycles. The summed E-state index contributed by atoms with van der Waals surface area (Å²) in [5, 5.41) is 2.83. The predicted octanol–water partition coefficient (Wildman–Crippen LogP) is 3.15. The van der Waals surface area contributed by atoms with Gasteiger partial charge in [0, 0.05) is 55.5 Å². The Hall–Kier alpha value is -2.80. The number of hydrogen-bond acceptors (Lipinski definition) is 5. The van der Waals surface area contributed by atoms with Crippen LogP contribution in [0, 0.1) is 5.92 Å². The van der Waals surface area contributed by atoms with Crippen molar-refractivity contribution in [1.29, 1.82) is 0 Å². The van der Waals surface area contributed by atoms with Gasteiger partial charge in [-0.15, -0.1) is 0 Å². The van der Waals surface area contributed by atoms with Gasteiger partial charge < -0.3 is 15.1 Å². The molecule has 4 rings (SSSR count). The van der Waals surface area contributed by atoms with Crippen LogP contribution in [0.2, 0.25) is 0 Å². The van der Waals surface area contributed by atoms with Crippen LogP contribution < -0.4 is 5.32 Å². The van der Waals surface area contributed by atoms with E-state index in [0.717, 1.165) is 68.0 Å². The molecule has 2 saturated heterocycles. The zero-order valence-electron chi connectivity index (χ0n) is 18.4. The Morgan fingerprint density at radius 1 is 1.06 bits per heavy atom. The normalized spacial score (nSPS) is 20.5. The van der Waals surface area contributed by atoms with E-state index in [1.807, 2.05) is 24.3 Å². The van der Waals surface area contributed by atoms with E-state index in [-0.39, 0.29) is 17.7 Å². The topological polar surface area (TPSA) is 78.4 Å². The van der Waals surface area contributed by atoms with Crippen LogP contribution in [0.4, 0.5) is 5.69 Å². The first-order valence-corrected chi connectivity index (χ1v) is 11.2. The molecule has 1 aromatic heterocycles. The summed E-state index contributed by atoms with van der Waals surface area (Å²) in [4.78, 5) is 38.3. The Labute approximate surface area is 183 Å². The molecule has 7 nitrogen and oxygen atoms in total. The van der Waals surface area contributed by atoms with E-state index in [1.54, 1.807) is 12.4 Å². The minimum absolute atomic E-state index is 0.105. The Bertz CT molecular complexity index is 939. The van der Waals surface area contributed by atoms with Crippen molar-refractivity contribution in [1.82, 2.24) is 19.8 Å². The number of rotatable bonds is 4.